The summed E-state index contributed by atoms with van der Waals surface area (Å²) < 4.78 is 23.6. The fraction of sp³-hybridized carbons (Fsp3) is 1.00. The molecule has 1 unspecified atom stereocenters. The zero-order valence-electron chi connectivity index (χ0n) is 11.9. The number of aliphatic hydroxyl groups is 1. The van der Waals surface area contributed by atoms with Crippen molar-refractivity contribution in [1.82, 2.24) is 0 Å². The van der Waals surface area contributed by atoms with Crippen LogP contribution in [0.1, 0.15) is 51.9 Å². The minimum absolute atomic E-state index is 0.0748. The highest BCUT2D eigenvalue weighted by atomic mass is 32.2. The smallest absolute Gasteiger partial charge is 0.151 e. The number of sulfone groups is 1. The lowest BCUT2D eigenvalue weighted by molar-refractivity contribution is -0.102. The van der Waals surface area contributed by atoms with Gasteiger partial charge < -0.3 is 10.8 Å². The van der Waals surface area contributed by atoms with E-state index in [0.717, 1.165) is 12.8 Å². The second kappa shape index (κ2) is 5.34. The van der Waals surface area contributed by atoms with Gasteiger partial charge in [-0.3, -0.25) is 0 Å². The number of hydrogen-bond donors (Lipinski definition) is 2. The van der Waals surface area contributed by atoms with E-state index in [4.69, 9.17) is 5.73 Å². The topological polar surface area (TPSA) is 80.4 Å². The van der Waals surface area contributed by atoms with Crippen LogP contribution in [0.25, 0.3) is 0 Å². The third kappa shape index (κ3) is 2.83. The van der Waals surface area contributed by atoms with Gasteiger partial charge in [0.15, 0.2) is 9.84 Å². The molecule has 2 fully saturated rings. The van der Waals surface area contributed by atoms with Crippen LogP contribution in [0, 0.1) is 11.3 Å². The van der Waals surface area contributed by atoms with Gasteiger partial charge in [-0.05, 0) is 38.0 Å². The van der Waals surface area contributed by atoms with Crippen LogP contribution in [0.5, 0.6) is 0 Å². The first-order valence-electron chi connectivity index (χ1n) is 7.49. The first-order chi connectivity index (χ1) is 8.86. The van der Waals surface area contributed by atoms with Crippen molar-refractivity contribution in [3.05, 3.63) is 0 Å². The normalized spacial score (nSPS) is 42.4. The first kappa shape index (κ1) is 15.3. The zero-order valence-corrected chi connectivity index (χ0v) is 12.7. The Kier molecular flexibility index (Phi) is 4.29. The molecule has 0 radical (unpaired) electrons. The maximum absolute atomic E-state index is 11.8. The highest BCUT2D eigenvalue weighted by Gasteiger charge is 2.55. The number of hydrogen-bond acceptors (Lipinski definition) is 4. The quantitative estimate of drug-likeness (QED) is 0.821. The Hall–Kier alpha value is -0.130. The van der Waals surface area contributed by atoms with Gasteiger partial charge in [-0.25, -0.2) is 8.42 Å². The van der Waals surface area contributed by atoms with Gasteiger partial charge in [0.25, 0.3) is 0 Å². The van der Waals surface area contributed by atoms with Crippen molar-refractivity contribution in [2.24, 2.45) is 17.1 Å². The lowest BCUT2D eigenvalue weighted by Gasteiger charge is -2.47. The van der Waals surface area contributed by atoms with Gasteiger partial charge in [-0.15, -0.1) is 0 Å². The van der Waals surface area contributed by atoms with Crippen molar-refractivity contribution in [2.45, 2.75) is 57.5 Å². The predicted octanol–water partition coefficient (Wildman–Crippen LogP) is 1.47. The summed E-state index contributed by atoms with van der Waals surface area (Å²) in [5.41, 5.74) is 4.42. The third-order valence-electron chi connectivity index (χ3n) is 5.39. The standard InChI is InChI=1S/C14H27NO3S/c1-2-3-12-4-6-14(16,7-5-12)13(10-15)8-9-19(17,18)11-13/h12,16H,2-11,15H2,1H3. The number of nitrogens with two attached hydrogens (primary N) is 1. The minimum atomic E-state index is -3.02. The van der Waals surface area contributed by atoms with Crippen LogP contribution in [0.4, 0.5) is 0 Å². The molecule has 0 spiro atoms. The fourth-order valence-corrected chi connectivity index (χ4v) is 6.24. The van der Waals surface area contributed by atoms with Crippen molar-refractivity contribution in [1.29, 1.82) is 0 Å². The molecule has 1 saturated carbocycles. The van der Waals surface area contributed by atoms with E-state index in [9.17, 15) is 13.5 Å². The third-order valence-corrected chi connectivity index (χ3v) is 7.21. The van der Waals surface area contributed by atoms with E-state index in [-0.39, 0.29) is 18.1 Å². The van der Waals surface area contributed by atoms with Crippen LogP contribution >= 0.6 is 0 Å². The van der Waals surface area contributed by atoms with Crippen molar-refractivity contribution < 1.29 is 13.5 Å². The second-order valence-electron chi connectivity index (χ2n) is 6.59. The lowest BCUT2D eigenvalue weighted by Crippen LogP contribution is -2.55. The summed E-state index contributed by atoms with van der Waals surface area (Å²) in [7, 11) is -3.02. The maximum atomic E-state index is 11.8. The predicted molar refractivity (Wildman–Crippen MR) is 76.6 cm³/mol. The Morgan fingerprint density at radius 3 is 2.32 bits per heavy atom. The van der Waals surface area contributed by atoms with Crippen LogP contribution in [0.15, 0.2) is 0 Å². The largest absolute Gasteiger partial charge is 0.389 e. The molecule has 4 nitrogen and oxygen atoms in total. The van der Waals surface area contributed by atoms with E-state index in [1.807, 2.05) is 0 Å². The van der Waals surface area contributed by atoms with Gasteiger partial charge in [0.05, 0.1) is 17.1 Å². The SMILES string of the molecule is CCCC1CCC(O)(C2(CN)CCS(=O)(=O)C2)CC1. The van der Waals surface area contributed by atoms with E-state index in [2.05, 4.69) is 6.92 Å². The molecule has 112 valence electrons. The summed E-state index contributed by atoms with van der Waals surface area (Å²) in [6.07, 6.45) is 6.36. The van der Waals surface area contributed by atoms with Gasteiger partial charge in [0.1, 0.15) is 0 Å². The van der Waals surface area contributed by atoms with Crippen molar-refractivity contribution in [3.63, 3.8) is 0 Å². The molecule has 0 aromatic heterocycles. The first-order valence-corrected chi connectivity index (χ1v) is 9.31. The van der Waals surface area contributed by atoms with Gasteiger partial charge >= 0.3 is 0 Å². The molecule has 0 amide bonds. The molecule has 3 N–H and O–H groups in total. The van der Waals surface area contributed by atoms with Gasteiger partial charge in [-0.2, -0.15) is 0 Å². The molecule has 2 rings (SSSR count). The molecule has 0 bridgehead atoms. The van der Waals surface area contributed by atoms with Crippen LogP contribution < -0.4 is 5.73 Å². The van der Waals surface area contributed by atoms with E-state index in [0.29, 0.717) is 25.2 Å². The highest BCUT2D eigenvalue weighted by molar-refractivity contribution is 7.91. The van der Waals surface area contributed by atoms with Crippen molar-refractivity contribution >= 4 is 9.84 Å². The molecular formula is C14H27NO3S. The Morgan fingerprint density at radius 1 is 1.26 bits per heavy atom. The van der Waals surface area contributed by atoms with Crippen LogP contribution in [0.3, 0.4) is 0 Å². The van der Waals surface area contributed by atoms with E-state index >= 15 is 0 Å². The average Bonchev–Trinajstić information content (AvgIpc) is 2.70. The lowest BCUT2D eigenvalue weighted by atomic mass is 9.62. The molecule has 1 aliphatic heterocycles. The Labute approximate surface area is 116 Å². The monoisotopic (exact) mass is 289 g/mol. The molecule has 5 heteroatoms. The van der Waals surface area contributed by atoms with Gasteiger partial charge in [0, 0.05) is 12.0 Å². The Bertz CT molecular complexity index is 412. The van der Waals surface area contributed by atoms with Crippen LogP contribution in [-0.4, -0.2) is 37.2 Å². The minimum Gasteiger partial charge on any atom is -0.389 e. The highest BCUT2D eigenvalue weighted by Crippen LogP contribution is 2.49. The average molecular weight is 289 g/mol. The summed E-state index contributed by atoms with van der Waals surface area (Å²) in [5.74, 6) is 0.953. The maximum Gasteiger partial charge on any atom is 0.151 e. The Morgan fingerprint density at radius 2 is 1.89 bits per heavy atom. The summed E-state index contributed by atoms with van der Waals surface area (Å²) in [4.78, 5) is 0. The molecule has 1 atom stereocenters. The fourth-order valence-electron chi connectivity index (χ4n) is 4.02. The molecule has 1 aliphatic carbocycles. The van der Waals surface area contributed by atoms with Crippen molar-refractivity contribution in [2.75, 3.05) is 18.1 Å². The zero-order chi connectivity index (χ0) is 14.1. The van der Waals surface area contributed by atoms with Crippen LogP contribution in [-0.2, 0) is 9.84 Å². The van der Waals surface area contributed by atoms with Gasteiger partial charge in [0.2, 0.25) is 0 Å². The van der Waals surface area contributed by atoms with Crippen LogP contribution in [0.2, 0.25) is 0 Å². The summed E-state index contributed by atoms with van der Waals surface area (Å²) in [5, 5.41) is 11.0. The van der Waals surface area contributed by atoms with Gasteiger partial charge in [-0.1, -0.05) is 19.8 Å². The molecule has 19 heavy (non-hydrogen) atoms. The van der Waals surface area contributed by atoms with E-state index in [1.165, 1.54) is 12.8 Å². The van der Waals surface area contributed by atoms with E-state index in [1.54, 1.807) is 0 Å². The molecular weight excluding hydrogens is 262 g/mol. The molecule has 0 aromatic rings. The molecule has 1 saturated heterocycles. The second-order valence-corrected chi connectivity index (χ2v) is 8.77. The summed E-state index contributed by atoms with van der Waals surface area (Å²) >= 11 is 0. The van der Waals surface area contributed by atoms with Crippen molar-refractivity contribution in [3.8, 4) is 0 Å². The summed E-state index contributed by atoms with van der Waals surface area (Å²) in [6.45, 7) is 2.47. The molecule has 2 aliphatic rings. The molecule has 0 aromatic carbocycles. The summed E-state index contributed by atoms with van der Waals surface area (Å²) in [6, 6.07) is 0. The molecule has 1 heterocycles. The van der Waals surface area contributed by atoms with E-state index < -0.39 is 20.9 Å². The number of rotatable bonds is 4. The Balaban J connectivity index is 2.12.